The van der Waals surface area contributed by atoms with Crippen LogP contribution in [0.2, 0.25) is 0 Å². The minimum Gasteiger partial charge on any atom is -0.496 e. The van der Waals surface area contributed by atoms with Gasteiger partial charge in [0.1, 0.15) is 11.8 Å². The van der Waals surface area contributed by atoms with E-state index in [4.69, 9.17) is 9.29 Å². The molecule has 1 rings (SSSR count). The standard InChI is InChI=1S/C13H17NO7S/c1-20-11-6-4-3-5-9(11)12(15)14-10(13(16)21-2)7-8-22(17,18)19/h3-6,10H,7-8H2,1-2H3,(H,14,15)(H,17,18,19)/t10-/m0/s1. The number of para-hydroxylation sites is 1. The van der Waals surface area contributed by atoms with Crippen LogP contribution in [0.15, 0.2) is 24.3 Å². The van der Waals surface area contributed by atoms with Crippen LogP contribution in [0, 0.1) is 0 Å². The van der Waals surface area contributed by atoms with Crippen LogP contribution < -0.4 is 10.1 Å². The highest BCUT2D eigenvalue weighted by Gasteiger charge is 2.25. The molecule has 9 heteroatoms. The van der Waals surface area contributed by atoms with Crippen molar-refractivity contribution in [3.8, 4) is 5.75 Å². The average Bonchev–Trinajstić information content (AvgIpc) is 2.49. The molecule has 0 aliphatic heterocycles. The van der Waals surface area contributed by atoms with Crippen molar-refractivity contribution in [2.24, 2.45) is 0 Å². The van der Waals surface area contributed by atoms with Crippen molar-refractivity contribution in [3.63, 3.8) is 0 Å². The normalized spacial score (nSPS) is 12.3. The Balaban J connectivity index is 2.89. The van der Waals surface area contributed by atoms with Gasteiger partial charge in [-0.1, -0.05) is 12.1 Å². The van der Waals surface area contributed by atoms with E-state index in [1.54, 1.807) is 18.2 Å². The SMILES string of the molecule is COC(=O)[C@H](CCS(=O)(=O)O)NC(=O)c1ccccc1OC. The third-order valence-electron chi connectivity index (χ3n) is 2.81. The van der Waals surface area contributed by atoms with E-state index in [1.807, 2.05) is 0 Å². The molecule has 0 heterocycles. The second-order valence-corrected chi connectivity index (χ2v) is 5.90. The summed E-state index contributed by atoms with van der Waals surface area (Å²) in [5.74, 6) is -1.81. The van der Waals surface area contributed by atoms with E-state index in [0.29, 0.717) is 5.75 Å². The van der Waals surface area contributed by atoms with Crippen LogP contribution in [-0.4, -0.2) is 50.9 Å². The van der Waals surface area contributed by atoms with Crippen molar-refractivity contribution in [2.75, 3.05) is 20.0 Å². The second kappa shape index (κ2) is 7.76. The summed E-state index contributed by atoms with van der Waals surface area (Å²) in [6.45, 7) is 0. The van der Waals surface area contributed by atoms with Crippen molar-refractivity contribution in [3.05, 3.63) is 29.8 Å². The first-order chi connectivity index (χ1) is 10.3. The van der Waals surface area contributed by atoms with E-state index in [-0.39, 0.29) is 12.0 Å². The van der Waals surface area contributed by atoms with Crippen LogP contribution in [-0.2, 0) is 19.6 Å². The molecule has 0 aromatic heterocycles. The first kappa shape index (κ1) is 17.9. The minimum absolute atomic E-state index is 0.186. The fraction of sp³-hybridized carbons (Fsp3) is 0.385. The molecule has 1 amide bonds. The Kier molecular flexibility index (Phi) is 6.32. The summed E-state index contributed by atoms with van der Waals surface area (Å²) < 4.78 is 39.8. The summed E-state index contributed by atoms with van der Waals surface area (Å²) >= 11 is 0. The van der Waals surface area contributed by atoms with Gasteiger partial charge in [-0.25, -0.2) is 4.79 Å². The maximum atomic E-state index is 12.2. The molecule has 0 saturated carbocycles. The number of esters is 1. The van der Waals surface area contributed by atoms with Crippen molar-refractivity contribution >= 4 is 22.0 Å². The van der Waals surface area contributed by atoms with Gasteiger partial charge in [0.25, 0.3) is 16.0 Å². The summed E-state index contributed by atoms with van der Waals surface area (Å²) in [7, 11) is -1.76. The molecule has 0 unspecified atom stereocenters. The Labute approximate surface area is 128 Å². The quantitative estimate of drug-likeness (QED) is 0.543. The predicted octanol–water partition coefficient (Wildman–Crippen LogP) is 0.245. The molecule has 0 saturated heterocycles. The zero-order valence-electron chi connectivity index (χ0n) is 12.1. The summed E-state index contributed by atoms with van der Waals surface area (Å²) in [5.41, 5.74) is 0.186. The van der Waals surface area contributed by atoms with Crippen molar-refractivity contribution < 1.29 is 32.0 Å². The third-order valence-corrected chi connectivity index (χ3v) is 3.56. The van der Waals surface area contributed by atoms with E-state index < -0.39 is 33.8 Å². The molecular weight excluding hydrogens is 314 g/mol. The van der Waals surface area contributed by atoms with Crippen molar-refractivity contribution in [1.29, 1.82) is 0 Å². The van der Waals surface area contributed by atoms with Gasteiger partial charge >= 0.3 is 5.97 Å². The third kappa shape index (κ3) is 5.34. The van der Waals surface area contributed by atoms with Gasteiger partial charge in [0.2, 0.25) is 0 Å². The first-order valence-corrected chi connectivity index (χ1v) is 7.86. The Morgan fingerprint density at radius 1 is 1.27 bits per heavy atom. The van der Waals surface area contributed by atoms with Gasteiger partial charge in [-0.05, 0) is 18.6 Å². The molecular formula is C13H17NO7S. The molecule has 0 radical (unpaired) electrons. The van der Waals surface area contributed by atoms with Crippen LogP contribution in [0.5, 0.6) is 5.75 Å². The lowest BCUT2D eigenvalue weighted by Gasteiger charge is -2.16. The molecule has 22 heavy (non-hydrogen) atoms. The van der Waals surface area contributed by atoms with Gasteiger partial charge in [0, 0.05) is 0 Å². The monoisotopic (exact) mass is 331 g/mol. The van der Waals surface area contributed by atoms with Gasteiger partial charge in [0.05, 0.1) is 25.5 Å². The fourth-order valence-electron chi connectivity index (χ4n) is 1.73. The molecule has 0 bridgehead atoms. The number of carbonyl (C=O) groups is 2. The van der Waals surface area contributed by atoms with Crippen molar-refractivity contribution in [1.82, 2.24) is 5.32 Å². The number of hydrogen-bond donors (Lipinski definition) is 2. The zero-order chi connectivity index (χ0) is 16.8. The van der Waals surface area contributed by atoms with Gasteiger partial charge in [-0.2, -0.15) is 8.42 Å². The Bertz CT molecular complexity index is 642. The number of carbonyl (C=O) groups excluding carboxylic acids is 2. The van der Waals surface area contributed by atoms with E-state index in [0.717, 1.165) is 7.11 Å². The summed E-state index contributed by atoms with van der Waals surface area (Å²) in [5, 5.41) is 2.36. The largest absolute Gasteiger partial charge is 0.496 e. The number of amides is 1. The number of benzene rings is 1. The van der Waals surface area contributed by atoms with Crippen LogP contribution in [0.3, 0.4) is 0 Å². The second-order valence-electron chi connectivity index (χ2n) is 4.32. The summed E-state index contributed by atoms with van der Waals surface area (Å²) in [6, 6.07) is 5.14. The molecule has 8 nitrogen and oxygen atoms in total. The molecule has 0 spiro atoms. The smallest absolute Gasteiger partial charge is 0.328 e. The van der Waals surface area contributed by atoms with E-state index >= 15 is 0 Å². The van der Waals surface area contributed by atoms with E-state index in [1.165, 1.54) is 13.2 Å². The maximum absolute atomic E-state index is 12.2. The molecule has 2 N–H and O–H groups in total. The highest BCUT2D eigenvalue weighted by Crippen LogP contribution is 2.17. The summed E-state index contributed by atoms with van der Waals surface area (Å²) in [4.78, 5) is 23.8. The molecule has 122 valence electrons. The molecule has 1 atom stereocenters. The summed E-state index contributed by atoms with van der Waals surface area (Å²) in [6.07, 6.45) is -0.313. The van der Waals surface area contributed by atoms with Crippen molar-refractivity contribution in [2.45, 2.75) is 12.5 Å². The van der Waals surface area contributed by atoms with Gasteiger partial charge in [0.15, 0.2) is 0 Å². The molecule has 1 aromatic carbocycles. The number of rotatable bonds is 7. The van der Waals surface area contributed by atoms with Crippen LogP contribution in [0.25, 0.3) is 0 Å². The van der Waals surface area contributed by atoms with Crippen LogP contribution in [0.1, 0.15) is 16.8 Å². The Hall–Kier alpha value is -2.13. The number of hydrogen-bond acceptors (Lipinski definition) is 6. The lowest BCUT2D eigenvalue weighted by atomic mass is 10.1. The van der Waals surface area contributed by atoms with Gasteiger partial charge < -0.3 is 14.8 Å². The minimum atomic E-state index is -4.26. The molecule has 0 aliphatic carbocycles. The highest BCUT2D eigenvalue weighted by molar-refractivity contribution is 7.85. The molecule has 1 aromatic rings. The number of ether oxygens (including phenoxy) is 2. The number of nitrogens with one attached hydrogen (secondary N) is 1. The Morgan fingerprint density at radius 2 is 1.91 bits per heavy atom. The van der Waals surface area contributed by atoms with Gasteiger partial charge in [-0.15, -0.1) is 0 Å². The number of methoxy groups -OCH3 is 2. The molecule has 0 aliphatic rings. The maximum Gasteiger partial charge on any atom is 0.328 e. The molecule has 0 fully saturated rings. The predicted molar refractivity (Wildman–Crippen MR) is 77.3 cm³/mol. The lowest BCUT2D eigenvalue weighted by molar-refractivity contribution is -0.142. The zero-order valence-corrected chi connectivity index (χ0v) is 12.9. The van der Waals surface area contributed by atoms with E-state index in [9.17, 15) is 18.0 Å². The highest BCUT2D eigenvalue weighted by atomic mass is 32.2. The topological polar surface area (TPSA) is 119 Å². The lowest BCUT2D eigenvalue weighted by Crippen LogP contribution is -2.42. The van der Waals surface area contributed by atoms with Gasteiger partial charge in [-0.3, -0.25) is 9.35 Å². The average molecular weight is 331 g/mol. The fourth-order valence-corrected chi connectivity index (χ4v) is 2.26. The first-order valence-electron chi connectivity index (χ1n) is 6.25. The Morgan fingerprint density at radius 3 is 2.45 bits per heavy atom. The van der Waals surface area contributed by atoms with Crippen LogP contribution >= 0.6 is 0 Å². The van der Waals surface area contributed by atoms with E-state index in [2.05, 4.69) is 10.1 Å². The van der Waals surface area contributed by atoms with Crippen LogP contribution in [0.4, 0.5) is 0 Å².